The van der Waals surface area contributed by atoms with Gasteiger partial charge in [0.05, 0.1) is 22.7 Å². The molecule has 0 amide bonds. The van der Waals surface area contributed by atoms with Gasteiger partial charge in [-0.05, 0) is 63.9 Å². The normalized spacial score (nSPS) is 19.6. The van der Waals surface area contributed by atoms with Gasteiger partial charge >= 0.3 is 5.97 Å². The Hall–Kier alpha value is -2.04. The zero-order valence-electron chi connectivity index (χ0n) is 15.9. The summed E-state index contributed by atoms with van der Waals surface area (Å²) in [4.78, 5) is 12.7. The van der Waals surface area contributed by atoms with Crippen molar-refractivity contribution in [3.63, 3.8) is 0 Å². The number of carbonyl (C=O) groups is 1. The number of rotatable bonds is 8. The Morgan fingerprint density at radius 2 is 2.04 bits per heavy atom. The molecule has 1 atom stereocenters. The number of hydrogen-bond donors (Lipinski definition) is 1. The molecule has 1 aliphatic rings. The quantitative estimate of drug-likeness (QED) is 0.539. The van der Waals surface area contributed by atoms with Gasteiger partial charge in [-0.2, -0.15) is 0 Å². The topological polar surface area (TPSA) is 81.7 Å². The molecule has 0 radical (unpaired) electrons. The number of carbonyl (C=O) groups excluding carboxylic acids is 1. The molecule has 1 heterocycles. The monoisotopic (exact) mass is 393 g/mol. The van der Waals surface area contributed by atoms with Crippen LogP contribution in [0.3, 0.4) is 0 Å². The lowest BCUT2D eigenvalue weighted by atomic mass is 9.78. The average molecular weight is 394 g/mol. The molecule has 1 aromatic carbocycles. The van der Waals surface area contributed by atoms with Gasteiger partial charge in [-0.3, -0.25) is 4.79 Å². The maximum absolute atomic E-state index is 12.7. The lowest BCUT2D eigenvalue weighted by Gasteiger charge is -2.35. The van der Waals surface area contributed by atoms with Crippen LogP contribution in [0.15, 0.2) is 29.2 Å². The summed E-state index contributed by atoms with van der Waals surface area (Å²) in [6.45, 7) is 5.32. The van der Waals surface area contributed by atoms with E-state index in [1.54, 1.807) is 26.0 Å². The first-order chi connectivity index (χ1) is 12.9. The highest BCUT2D eigenvalue weighted by atomic mass is 32.2. The number of piperidine rings is 1. The minimum Gasteiger partial charge on any atom is -0.481 e. The van der Waals surface area contributed by atoms with E-state index in [1.165, 1.54) is 12.1 Å². The largest absolute Gasteiger partial charge is 0.481 e. The van der Waals surface area contributed by atoms with E-state index in [-0.39, 0.29) is 36.3 Å². The maximum atomic E-state index is 12.7. The summed E-state index contributed by atoms with van der Waals surface area (Å²) in [6.07, 6.45) is 1.71. The molecule has 6 nitrogen and oxygen atoms in total. The molecule has 1 fully saturated rings. The molecule has 27 heavy (non-hydrogen) atoms. The lowest BCUT2D eigenvalue weighted by molar-refractivity contribution is -0.156. The molecule has 0 bridgehead atoms. The van der Waals surface area contributed by atoms with Gasteiger partial charge in [0.2, 0.25) is 0 Å². The van der Waals surface area contributed by atoms with E-state index in [4.69, 9.17) is 9.47 Å². The second-order valence-corrected chi connectivity index (χ2v) is 8.65. The Kier molecular flexibility index (Phi) is 7.69. The fourth-order valence-corrected chi connectivity index (χ4v) is 4.57. The molecule has 0 spiro atoms. The van der Waals surface area contributed by atoms with E-state index in [0.717, 1.165) is 13.0 Å². The first kappa shape index (κ1) is 21.3. The van der Waals surface area contributed by atoms with Crippen molar-refractivity contribution in [2.45, 2.75) is 38.0 Å². The van der Waals surface area contributed by atoms with Crippen LogP contribution in [0.4, 0.5) is 0 Å². The molecule has 0 saturated carbocycles. The van der Waals surface area contributed by atoms with E-state index in [1.807, 2.05) is 0 Å². The molecule has 1 unspecified atom stereocenters. The van der Waals surface area contributed by atoms with Crippen LogP contribution in [0, 0.1) is 17.3 Å². The second-order valence-electron chi connectivity index (χ2n) is 6.54. The molecule has 7 heteroatoms. The van der Waals surface area contributed by atoms with Crippen LogP contribution in [0.25, 0.3) is 0 Å². The van der Waals surface area contributed by atoms with Gasteiger partial charge in [0, 0.05) is 6.54 Å². The number of esters is 1. The third kappa shape index (κ3) is 5.72. The van der Waals surface area contributed by atoms with Crippen molar-refractivity contribution >= 4 is 15.8 Å². The van der Waals surface area contributed by atoms with Crippen molar-refractivity contribution < 1.29 is 22.7 Å². The molecule has 2 rings (SSSR count). The fraction of sp³-hybridized carbons (Fsp3) is 0.550. The van der Waals surface area contributed by atoms with Crippen LogP contribution in [0.1, 0.15) is 33.1 Å². The van der Waals surface area contributed by atoms with Crippen molar-refractivity contribution in [2.24, 2.45) is 5.41 Å². The first-order valence-electron chi connectivity index (χ1n) is 9.17. The molecule has 148 valence electrons. The number of benzene rings is 1. The molecule has 1 saturated heterocycles. The average Bonchev–Trinajstić information content (AvgIpc) is 2.68. The highest BCUT2D eigenvalue weighted by Crippen LogP contribution is 2.33. The summed E-state index contributed by atoms with van der Waals surface area (Å²) >= 11 is 0. The predicted molar refractivity (Wildman–Crippen MR) is 103 cm³/mol. The highest BCUT2D eigenvalue weighted by molar-refractivity contribution is 7.91. The summed E-state index contributed by atoms with van der Waals surface area (Å²) in [7, 11) is -3.51. The third-order valence-electron chi connectivity index (χ3n) is 4.70. The van der Waals surface area contributed by atoms with Crippen LogP contribution in [-0.4, -0.2) is 46.4 Å². The fourth-order valence-electron chi connectivity index (χ4n) is 3.12. The Balaban J connectivity index is 2.07. The van der Waals surface area contributed by atoms with E-state index >= 15 is 0 Å². The maximum Gasteiger partial charge on any atom is 0.313 e. The van der Waals surface area contributed by atoms with E-state index in [9.17, 15) is 13.2 Å². The predicted octanol–water partition coefficient (Wildman–Crippen LogP) is 2.19. The summed E-state index contributed by atoms with van der Waals surface area (Å²) in [5.74, 6) is 5.66. The zero-order valence-corrected chi connectivity index (χ0v) is 16.7. The standard InChI is InChI=1S/C20H27NO5S/c1-3-5-14-26-17-7-9-18(10-8-17)27(23,24)15-12-20(19(22)25-4-2)11-6-13-21-16-20/h7-10,21H,4,6,11-16H2,1-2H3. The van der Waals surface area contributed by atoms with Crippen molar-refractivity contribution in [3.8, 4) is 17.6 Å². The lowest BCUT2D eigenvalue weighted by Crippen LogP contribution is -2.47. The van der Waals surface area contributed by atoms with Gasteiger partial charge in [-0.25, -0.2) is 8.42 Å². The Bertz CT molecular complexity index is 784. The molecular formula is C20H27NO5S. The smallest absolute Gasteiger partial charge is 0.313 e. The van der Waals surface area contributed by atoms with Crippen LogP contribution in [0.2, 0.25) is 0 Å². The summed E-state index contributed by atoms with van der Waals surface area (Å²) in [5.41, 5.74) is -0.775. The molecule has 0 aliphatic carbocycles. The zero-order chi connectivity index (χ0) is 19.8. The van der Waals surface area contributed by atoms with E-state index in [0.29, 0.717) is 18.7 Å². The minimum absolute atomic E-state index is 0.102. The molecule has 1 aromatic rings. The SMILES string of the molecule is CC#CCOc1ccc(S(=O)(=O)CCC2(C(=O)OCC)CCCNC2)cc1. The van der Waals surface area contributed by atoms with Crippen LogP contribution < -0.4 is 10.1 Å². The van der Waals surface area contributed by atoms with Crippen molar-refractivity contribution in [3.05, 3.63) is 24.3 Å². The highest BCUT2D eigenvalue weighted by Gasteiger charge is 2.41. The van der Waals surface area contributed by atoms with Gasteiger partial charge in [-0.15, -0.1) is 5.92 Å². The van der Waals surface area contributed by atoms with Crippen molar-refractivity contribution in [1.82, 2.24) is 5.32 Å². The molecule has 0 aromatic heterocycles. The van der Waals surface area contributed by atoms with Crippen LogP contribution in [-0.2, 0) is 19.4 Å². The number of nitrogens with one attached hydrogen (secondary N) is 1. The summed E-state index contributed by atoms with van der Waals surface area (Å²) in [5, 5.41) is 3.20. The third-order valence-corrected chi connectivity index (χ3v) is 6.43. The first-order valence-corrected chi connectivity index (χ1v) is 10.8. The van der Waals surface area contributed by atoms with E-state index < -0.39 is 15.3 Å². The van der Waals surface area contributed by atoms with Crippen molar-refractivity contribution in [1.29, 1.82) is 0 Å². The van der Waals surface area contributed by atoms with Gasteiger partial charge in [0.15, 0.2) is 9.84 Å². The van der Waals surface area contributed by atoms with Gasteiger partial charge in [0.1, 0.15) is 12.4 Å². The van der Waals surface area contributed by atoms with Crippen LogP contribution >= 0.6 is 0 Å². The number of sulfone groups is 1. The van der Waals surface area contributed by atoms with E-state index in [2.05, 4.69) is 17.2 Å². The Morgan fingerprint density at radius 1 is 1.30 bits per heavy atom. The van der Waals surface area contributed by atoms with Crippen LogP contribution in [0.5, 0.6) is 5.75 Å². The number of ether oxygens (including phenoxy) is 2. The van der Waals surface area contributed by atoms with Gasteiger partial charge < -0.3 is 14.8 Å². The summed E-state index contributed by atoms with van der Waals surface area (Å²) in [6, 6.07) is 6.29. The summed E-state index contributed by atoms with van der Waals surface area (Å²) < 4.78 is 36.1. The van der Waals surface area contributed by atoms with Gasteiger partial charge in [0.25, 0.3) is 0 Å². The Labute approximate surface area is 161 Å². The molecule has 1 N–H and O–H groups in total. The minimum atomic E-state index is -3.51. The number of hydrogen-bond acceptors (Lipinski definition) is 6. The second kappa shape index (κ2) is 9.77. The Morgan fingerprint density at radius 3 is 2.63 bits per heavy atom. The molecule has 1 aliphatic heterocycles. The van der Waals surface area contributed by atoms with Crippen molar-refractivity contribution in [2.75, 3.05) is 32.1 Å². The van der Waals surface area contributed by atoms with Gasteiger partial charge in [-0.1, -0.05) is 5.92 Å². The molecular weight excluding hydrogens is 366 g/mol.